The van der Waals surface area contributed by atoms with Crippen LogP contribution in [0.25, 0.3) is 0 Å². The minimum absolute atomic E-state index is 0.0493. The Hall–Kier alpha value is -1.60. The van der Waals surface area contributed by atoms with Crippen LogP contribution >= 0.6 is 0 Å². The van der Waals surface area contributed by atoms with Crippen molar-refractivity contribution in [3.63, 3.8) is 0 Å². The topological polar surface area (TPSA) is 83.9 Å². The molecule has 3 rings (SSSR count). The van der Waals surface area contributed by atoms with Gasteiger partial charge in [-0.25, -0.2) is 8.42 Å². The highest BCUT2D eigenvalue weighted by Gasteiger charge is 2.39. The van der Waals surface area contributed by atoms with E-state index in [1.165, 1.54) is 4.31 Å². The van der Waals surface area contributed by atoms with Gasteiger partial charge in [-0.2, -0.15) is 4.31 Å². The summed E-state index contributed by atoms with van der Waals surface area (Å²) in [5.41, 5.74) is 0.887. The van der Waals surface area contributed by atoms with Crippen molar-refractivity contribution in [1.82, 2.24) is 4.31 Å². The Morgan fingerprint density at radius 3 is 2.78 bits per heavy atom. The van der Waals surface area contributed by atoms with E-state index in [0.29, 0.717) is 25.8 Å². The maximum Gasteiger partial charge on any atom is 0.308 e. The minimum atomic E-state index is -3.70. The Kier molecular flexibility index (Phi) is 4.10. The Morgan fingerprint density at radius 1 is 1.35 bits per heavy atom. The number of benzene rings is 1. The first-order valence-electron chi connectivity index (χ1n) is 7.85. The number of hydrogen-bond donors (Lipinski definition) is 1. The Bertz CT molecular complexity index is 730. The molecule has 0 amide bonds. The van der Waals surface area contributed by atoms with Crippen LogP contribution in [0, 0.1) is 5.92 Å². The van der Waals surface area contributed by atoms with Gasteiger partial charge in [0, 0.05) is 19.0 Å². The van der Waals surface area contributed by atoms with Crippen LogP contribution in [0.3, 0.4) is 0 Å². The minimum Gasteiger partial charge on any atom is -0.490 e. The van der Waals surface area contributed by atoms with Crippen molar-refractivity contribution >= 4 is 16.0 Å². The lowest BCUT2D eigenvalue weighted by Crippen LogP contribution is -2.48. The molecule has 1 aromatic rings. The molecule has 1 unspecified atom stereocenters. The molecule has 23 heavy (non-hydrogen) atoms. The van der Waals surface area contributed by atoms with Gasteiger partial charge in [0.15, 0.2) is 0 Å². The van der Waals surface area contributed by atoms with Gasteiger partial charge in [-0.1, -0.05) is 0 Å². The van der Waals surface area contributed by atoms with Gasteiger partial charge in [-0.3, -0.25) is 4.79 Å². The summed E-state index contributed by atoms with van der Waals surface area (Å²) in [7, 11) is -3.70. The van der Waals surface area contributed by atoms with E-state index in [4.69, 9.17) is 4.74 Å². The summed E-state index contributed by atoms with van der Waals surface area (Å²) in [6.07, 6.45) is 1.81. The summed E-state index contributed by atoms with van der Waals surface area (Å²) in [4.78, 5) is 11.5. The maximum absolute atomic E-state index is 12.9. The molecule has 1 aromatic carbocycles. The second-order valence-corrected chi connectivity index (χ2v) is 8.24. The molecular weight excluding hydrogens is 318 g/mol. The molecular formula is C16H21NO5S. The number of carbonyl (C=O) groups is 1. The van der Waals surface area contributed by atoms with Crippen molar-refractivity contribution in [1.29, 1.82) is 0 Å². The Balaban J connectivity index is 1.92. The number of fused-ring (bicyclic) bond motifs is 1. The molecule has 3 atom stereocenters. The zero-order valence-corrected chi connectivity index (χ0v) is 14.0. The van der Waals surface area contributed by atoms with Crippen molar-refractivity contribution in [3.8, 4) is 5.75 Å². The van der Waals surface area contributed by atoms with Crippen LogP contribution in [0.2, 0.25) is 0 Å². The van der Waals surface area contributed by atoms with E-state index in [1.54, 1.807) is 25.1 Å². The van der Waals surface area contributed by atoms with Gasteiger partial charge < -0.3 is 9.84 Å². The maximum atomic E-state index is 12.9. The molecule has 1 N–H and O–H groups in total. The van der Waals surface area contributed by atoms with E-state index >= 15 is 0 Å². The highest BCUT2D eigenvalue weighted by atomic mass is 32.2. The lowest BCUT2D eigenvalue weighted by molar-refractivity contribution is -0.144. The Morgan fingerprint density at radius 2 is 2.09 bits per heavy atom. The van der Waals surface area contributed by atoms with Crippen molar-refractivity contribution in [2.24, 2.45) is 5.92 Å². The van der Waals surface area contributed by atoms with E-state index < -0.39 is 28.0 Å². The van der Waals surface area contributed by atoms with Gasteiger partial charge in [0.1, 0.15) is 11.9 Å². The number of carboxylic acid groups (broad SMARTS) is 1. The molecule has 0 bridgehead atoms. The fourth-order valence-electron chi connectivity index (χ4n) is 3.48. The molecule has 0 aliphatic carbocycles. The number of carboxylic acids is 1. The number of ether oxygens (including phenoxy) is 1. The van der Waals surface area contributed by atoms with Crippen molar-refractivity contribution < 1.29 is 23.1 Å². The SMILES string of the molecule is CC1Cc2cc(S(=O)(=O)N3CCC[C@H](C(=O)O)[C@@H]3C)ccc2O1. The van der Waals surface area contributed by atoms with E-state index in [1.807, 2.05) is 6.92 Å². The average molecular weight is 339 g/mol. The highest BCUT2D eigenvalue weighted by Crippen LogP contribution is 2.34. The molecule has 2 heterocycles. The van der Waals surface area contributed by atoms with Crippen LogP contribution in [-0.2, 0) is 21.2 Å². The molecule has 0 radical (unpaired) electrons. The number of aliphatic carboxylic acids is 1. The third-order valence-electron chi connectivity index (χ3n) is 4.72. The van der Waals surface area contributed by atoms with Gasteiger partial charge in [0.25, 0.3) is 0 Å². The summed E-state index contributed by atoms with van der Waals surface area (Å²) in [5, 5.41) is 9.28. The number of sulfonamides is 1. The molecule has 1 saturated heterocycles. The second-order valence-electron chi connectivity index (χ2n) is 6.35. The average Bonchev–Trinajstić information content (AvgIpc) is 2.85. The van der Waals surface area contributed by atoms with Crippen LogP contribution in [0.15, 0.2) is 23.1 Å². The van der Waals surface area contributed by atoms with Crippen LogP contribution in [0.4, 0.5) is 0 Å². The van der Waals surface area contributed by atoms with Crippen molar-refractivity contribution in [2.45, 2.75) is 50.2 Å². The van der Waals surface area contributed by atoms with Crippen LogP contribution in [-0.4, -0.2) is 42.5 Å². The van der Waals surface area contributed by atoms with Gasteiger partial charge in [-0.05, 0) is 50.5 Å². The van der Waals surface area contributed by atoms with Crippen LogP contribution in [0.5, 0.6) is 5.75 Å². The van der Waals surface area contributed by atoms with E-state index in [0.717, 1.165) is 11.3 Å². The molecule has 1 fully saturated rings. The lowest BCUT2D eigenvalue weighted by atomic mass is 9.92. The first-order chi connectivity index (χ1) is 10.8. The summed E-state index contributed by atoms with van der Waals surface area (Å²) in [5.74, 6) is -0.864. The molecule has 0 saturated carbocycles. The van der Waals surface area contributed by atoms with Crippen molar-refractivity contribution in [2.75, 3.05) is 6.54 Å². The number of nitrogens with zero attached hydrogens (tertiary/aromatic N) is 1. The first-order valence-corrected chi connectivity index (χ1v) is 9.29. The fourth-order valence-corrected chi connectivity index (χ4v) is 5.23. The molecule has 2 aliphatic rings. The molecule has 126 valence electrons. The number of rotatable bonds is 3. The molecule has 0 aromatic heterocycles. The van der Waals surface area contributed by atoms with Crippen molar-refractivity contribution in [3.05, 3.63) is 23.8 Å². The van der Waals surface area contributed by atoms with E-state index in [9.17, 15) is 18.3 Å². The summed E-state index contributed by atoms with van der Waals surface area (Å²) >= 11 is 0. The third-order valence-corrected chi connectivity index (χ3v) is 6.70. The zero-order chi connectivity index (χ0) is 16.8. The zero-order valence-electron chi connectivity index (χ0n) is 13.2. The molecule has 2 aliphatic heterocycles. The predicted octanol–water partition coefficient (Wildman–Crippen LogP) is 1.88. The van der Waals surface area contributed by atoms with Gasteiger partial charge in [0.2, 0.25) is 10.0 Å². The summed E-state index contributed by atoms with van der Waals surface area (Å²) in [6, 6.07) is 4.35. The number of piperidine rings is 1. The Labute approximate surface area is 136 Å². The summed E-state index contributed by atoms with van der Waals surface area (Å²) in [6.45, 7) is 3.98. The summed E-state index contributed by atoms with van der Waals surface area (Å²) < 4.78 is 32.8. The van der Waals surface area contributed by atoms with E-state index in [-0.39, 0.29) is 11.0 Å². The second kappa shape index (κ2) is 5.79. The normalized spacial score (nSPS) is 28.2. The van der Waals surface area contributed by atoms with Crippen LogP contribution < -0.4 is 4.74 Å². The van der Waals surface area contributed by atoms with Gasteiger partial charge >= 0.3 is 5.97 Å². The van der Waals surface area contributed by atoms with Gasteiger partial charge in [-0.15, -0.1) is 0 Å². The molecule has 7 heteroatoms. The van der Waals surface area contributed by atoms with Gasteiger partial charge in [0.05, 0.1) is 10.8 Å². The standard InChI is InChI=1S/C16H21NO5S/c1-10-8-12-9-13(5-6-15(12)22-10)23(20,21)17-7-3-4-14(11(17)2)16(18)19/h5-6,9-11,14H,3-4,7-8H2,1-2H3,(H,18,19)/t10?,11-,14-/m0/s1. The molecule has 0 spiro atoms. The quantitative estimate of drug-likeness (QED) is 0.909. The first kappa shape index (κ1) is 16.3. The lowest BCUT2D eigenvalue weighted by Gasteiger charge is -2.36. The highest BCUT2D eigenvalue weighted by molar-refractivity contribution is 7.89. The fraction of sp³-hybridized carbons (Fsp3) is 0.562. The third kappa shape index (κ3) is 2.83. The number of hydrogen-bond acceptors (Lipinski definition) is 4. The van der Waals surface area contributed by atoms with Crippen LogP contribution in [0.1, 0.15) is 32.3 Å². The monoisotopic (exact) mass is 339 g/mol. The molecule has 6 nitrogen and oxygen atoms in total. The van der Waals surface area contributed by atoms with E-state index in [2.05, 4.69) is 0 Å². The predicted molar refractivity (Wildman–Crippen MR) is 83.9 cm³/mol. The smallest absolute Gasteiger partial charge is 0.308 e. The largest absolute Gasteiger partial charge is 0.490 e.